The van der Waals surface area contributed by atoms with Gasteiger partial charge in [0.15, 0.2) is 0 Å². The first-order valence-corrected chi connectivity index (χ1v) is 23.5. The third-order valence-corrected chi connectivity index (χ3v) is 15.3. The lowest BCUT2D eigenvalue weighted by molar-refractivity contribution is 0.598. The summed E-state index contributed by atoms with van der Waals surface area (Å²) in [5.74, 6) is 0. The van der Waals surface area contributed by atoms with Crippen LogP contribution in [0.2, 0.25) is 0 Å². The van der Waals surface area contributed by atoms with Crippen LogP contribution in [-0.2, 0) is 29.2 Å². The van der Waals surface area contributed by atoms with E-state index in [1.807, 2.05) is 67.1 Å². The summed E-state index contributed by atoms with van der Waals surface area (Å²) >= 11 is 13.9. The van der Waals surface area contributed by atoms with Crippen LogP contribution in [0.1, 0.15) is 28.9 Å². The van der Waals surface area contributed by atoms with E-state index < -0.39 is 9.84 Å². The van der Waals surface area contributed by atoms with Crippen molar-refractivity contribution in [2.75, 3.05) is 0 Å². The zero-order valence-corrected chi connectivity index (χ0v) is 38.5. The molecule has 0 aliphatic carbocycles. The Hall–Kier alpha value is -3.84. The van der Waals surface area contributed by atoms with Crippen LogP contribution in [0.25, 0.3) is 32.7 Å². The molecule has 0 atom stereocenters. The second-order valence-electron chi connectivity index (χ2n) is 11.8. The SMILES string of the molecule is CCc1ncc(Br)s1.CCc1ncc(Sc2ccc3cccnc3c2)s1.Cl.NCc1ncc(S(=O)(=O)c2ccc3cccnc3c2)s1.Sc1ccc2cccnc2c1. The summed E-state index contributed by atoms with van der Waals surface area (Å²) in [5.41, 5.74) is 8.16. The maximum Gasteiger partial charge on any atom is 0.217 e. The van der Waals surface area contributed by atoms with E-state index >= 15 is 0 Å². The van der Waals surface area contributed by atoms with Crippen LogP contribution in [-0.4, -0.2) is 38.3 Å². The first kappa shape index (κ1) is 45.2. The lowest BCUT2D eigenvalue weighted by Crippen LogP contribution is -1.99. The van der Waals surface area contributed by atoms with Gasteiger partial charge in [0.1, 0.15) is 9.22 Å². The molecule has 6 aromatic heterocycles. The number of pyridine rings is 3. The molecule has 0 saturated heterocycles. The molecule has 0 fully saturated rings. The van der Waals surface area contributed by atoms with Crippen molar-refractivity contribution in [3.63, 3.8) is 0 Å². The van der Waals surface area contributed by atoms with E-state index in [0.29, 0.717) is 10.5 Å². The van der Waals surface area contributed by atoms with Crippen LogP contribution in [0.5, 0.6) is 0 Å². The van der Waals surface area contributed by atoms with E-state index in [1.54, 1.807) is 65.0 Å². The predicted octanol–water partition coefficient (Wildman–Crippen LogP) is 11.8. The Morgan fingerprint density at radius 1 is 0.655 bits per heavy atom. The zero-order valence-electron chi connectivity index (χ0n) is 31.1. The number of fused-ring (bicyclic) bond motifs is 3. The van der Waals surface area contributed by atoms with Gasteiger partial charge in [-0.15, -0.1) is 59.0 Å². The van der Waals surface area contributed by atoms with Crippen molar-refractivity contribution in [3.8, 4) is 0 Å². The molecule has 9 rings (SSSR count). The lowest BCUT2D eigenvalue weighted by atomic mass is 10.2. The number of sulfone groups is 1. The number of nitrogens with zero attached hydrogens (tertiary/aromatic N) is 6. The fraction of sp³-hybridized carbons (Fsp3) is 0.122. The highest BCUT2D eigenvalue weighted by atomic mass is 79.9. The van der Waals surface area contributed by atoms with Gasteiger partial charge < -0.3 is 5.73 Å². The van der Waals surface area contributed by atoms with Gasteiger partial charge in [0, 0.05) is 51.1 Å². The number of rotatable bonds is 7. The van der Waals surface area contributed by atoms with Crippen LogP contribution in [0, 0.1) is 0 Å². The molecule has 2 N–H and O–H groups in total. The van der Waals surface area contributed by atoms with Crippen LogP contribution in [0.15, 0.2) is 155 Å². The molecular weight excluding hydrogens is 930 g/mol. The molecule has 0 aliphatic heterocycles. The van der Waals surface area contributed by atoms with E-state index in [0.717, 1.165) is 54.7 Å². The van der Waals surface area contributed by atoms with Gasteiger partial charge in [-0.3, -0.25) is 15.0 Å². The number of aryl methyl sites for hydroxylation is 2. The molecular formula is C41H37BrClN7O2S6. The Morgan fingerprint density at radius 3 is 1.76 bits per heavy atom. The Bertz CT molecular complexity index is 2830. The molecule has 17 heteroatoms. The minimum absolute atomic E-state index is 0. The standard InChI is InChI=1S/C14H12N2S2.C13H11N3O2S2.C9H7NS.C5H6BrNS.ClH/c1-2-13-16-9-14(18-13)17-11-6-5-10-4-3-7-15-12(10)8-11;14-7-12-16-8-13(19-12)20(17,18)10-4-3-9-2-1-5-15-11(9)6-10;11-8-4-3-7-2-1-5-10-9(7)6-8;1-2-5-7-3-4(6)8-5;/h3-9H,2H2,1H3;1-6,8H,7,14H2;1-6,11H;3H,2H2,1H3;1H. The highest BCUT2D eigenvalue weighted by molar-refractivity contribution is 9.11. The molecule has 0 amide bonds. The number of halogens is 2. The molecule has 298 valence electrons. The Kier molecular flexibility index (Phi) is 17.1. The summed E-state index contributed by atoms with van der Waals surface area (Å²) in [6.07, 6.45) is 12.4. The number of hydrogen-bond donors (Lipinski definition) is 2. The molecule has 0 radical (unpaired) electrons. The van der Waals surface area contributed by atoms with Crippen LogP contribution >= 0.6 is 86.7 Å². The van der Waals surface area contributed by atoms with E-state index in [-0.39, 0.29) is 28.1 Å². The summed E-state index contributed by atoms with van der Waals surface area (Å²) in [6, 6.07) is 29.0. The Balaban J connectivity index is 0.000000154. The molecule has 0 unspecified atom stereocenters. The molecule has 0 aliphatic rings. The molecule has 0 saturated carbocycles. The van der Waals surface area contributed by atoms with Crippen molar-refractivity contribution in [2.24, 2.45) is 5.73 Å². The summed E-state index contributed by atoms with van der Waals surface area (Å²) in [7, 11) is -3.56. The minimum Gasteiger partial charge on any atom is -0.325 e. The van der Waals surface area contributed by atoms with Gasteiger partial charge in [0.05, 0.1) is 58.0 Å². The zero-order chi connectivity index (χ0) is 40.2. The number of thiol groups is 1. The minimum atomic E-state index is -3.56. The number of nitrogens with two attached hydrogens (primary N) is 1. The van der Waals surface area contributed by atoms with E-state index in [9.17, 15) is 8.42 Å². The maximum absolute atomic E-state index is 12.5. The van der Waals surface area contributed by atoms with Crippen LogP contribution < -0.4 is 5.73 Å². The first-order valence-electron chi connectivity index (χ1n) is 17.5. The smallest absolute Gasteiger partial charge is 0.217 e. The highest BCUT2D eigenvalue weighted by Crippen LogP contribution is 2.33. The molecule has 0 spiro atoms. The second-order valence-corrected chi connectivity index (χ2v) is 20.6. The van der Waals surface area contributed by atoms with Crippen molar-refractivity contribution in [3.05, 3.63) is 147 Å². The lowest BCUT2D eigenvalue weighted by Gasteiger charge is -2.03. The fourth-order valence-corrected chi connectivity index (χ4v) is 11.0. The van der Waals surface area contributed by atoms with E-state index in [2.05, 4.69) is 96.6 Å². The molecule has 9 aromatic rings. The van der Waals surface area contributed by atoms with Crippen molar-refractivity contribution < 1.29 is 8.42 Å². The molecule has 3 aromatic carbocycles. The van der Waals surface area contributed by atoms with Crippen LogP contribution in [0.4, 0.5) is 0 Å². The molecule has 0 bridgehead atoms. The van der Waals surface area contributed by atoms with Gasteiger partial charge in [-0.25, -0.2) is 23.4 Å². The number of hydrogen-bond acceptors (Lipinski definition) is 14. The van der Waals surface area contributed by atoms with Gasteiger partial charge in [0.2, 0.25) is 9.84 Å². The second kappa shape index (κ2) is 22.0. The number of benzene rings is 3. The summed E-state index contributed by atoms with van der Waals surface area (Å²) in [6.45, 7) is 4.47. The average molecular weight is 968 g/mol. The first-order chi connectivity index (χ1) is 27.6. The third-order valence-electron chi connectivity index (χ3n) is 7.91. The predicted molar refractivity (Wildman–Crippen MR) is 250 cm³/mol. The highest BCUT2D eigenvalue weighted by Gasteiger charge is 2.21. The van der Waals surface area contributed by atoms with Crippen molar-refractivity contribution in [1.82, 2.24) is 29.9 Å². The number of aromatic nitrogens is 6. The van der Waals surface area contributed by atoms with Crippen molar-refractivity contribution in [1.29, 1.82) is 0 Å². The summed E-state index contributed by atoms with van der Waals surface area (Å²) in [5, 5.41) is 6.22. The van der Waals surface area contributed by atoms with E-state index in [4.69, 9.17) is 5.73 Å². The normalized spacial score (nSPS) is 10.8. The molecule has 6 heterocycles. The van der Waals surface area contributed by atoms with Gasteiger partial charge in [-0.2, -0.15) is 0 Å². The molecule has 58 heavy (non-hydrogen) atoms. The van der Waals surface area contributed by atoms with Gasteiger partial charge in [-0.1, -0.05) is 62.0 Å². The maximum atomic E-state index is 12.5. The Labute approximate surface area is 373 Å². The van der Waals surface area contributed by atoms with Gasteiger partial charge in [-0.05, 0) is 83.4 Å². The summed E-state index contributed by atoms with van der Waals surface area (Å²) in [4.78, 5) is 27.6. The fourth-order valence-electron chi connectivity index (χ4n) is 5.08. The monoisotopic (exact) mass is 965 g/mol. The molecule has 9 nitrogen and oxygen atoms in total. The third kappa shape index (κ3) is 12.3. The average Bonchev–Trinajstić information content (AvgIpc) is 4.03. The van der Waals surface area contributed by atoms with Gasteiger partial charge in [0.25, 0.3) is 0 Å². The topological polar surface area (TPSA) is 138 Å². The van der Waals surface area contributed by atoms with E-state index in [1.165, 1.54) is 30.7 Å². The van der Waals surface area contributed by atoms with Crippen LogP contribution in [0.3, 0.4) is 0 Å². The van der Waals surface area contributed by atoms with Gasteiger partial charge >= 0.3 is 0 Å². The van der Waals surface area contributed by atoms with Crippen molar-refractivity contribution >= 4 is 129 Å². The summed E-state index contributed by atoms with van der Waals surface area (Å²) < 4.78 is 27.6. The largest absolute Gasteiger partial charge is 0.325 e. The Morgan fingerprint density at radius 2 is 1.21 bits per heavy atom. The number of thiazole rings is 3. The quantitative estimate of drug-likeness (QED) is 0.149. The van der Waals surface area contributed by atoms with Crippen molar-refractivity contribution in [2.45, 2.75) is 56.3 Å².